The Balaban J connectivity index is 1.56. The number of hydrogen-bond acceptors (Lipinski definition) is 5. The van der Waals surface area contributed by atoms with Gasteiger partial charge < -0.3 is 19.5 Å². The minimum absolute atomic E-state index is 0.137. The Labute approximate surface area is 153 Å². The number of anilines is 1. The fraction of sp³-hybridized carbons (Fsp3) is 0.176. The first kappa shape index (κ1) is 17.4. The van der Waals surface area contributed by atoms with Gasteiger partial charge in [0.2, 0.25) is 0 Å². The van der Waals surface area contributed by atoms with Crippen molar-refractivity contribution in [2.24, 2.45) is 0 Å². The molecule has 0 saturated heterocycles. The third kappa shape index (κ3) is 4.35. The Morgan fingerprint density at radius 3 is 2.56 bits per heavy atom. The van der Waals surface area contributed by atoms with Crippen molar-refractivity contribution >= 4 is 40.8 Å². The maximum Gasteiger partial charge on any atom is 0.340 e. The molecule has 1 N–H and O–H groups in total. The fourth-order valence-corrected chi connectivity index (χ4v) is 2.67. The Morgan fingerprint density at radius 2 is 1.80 bits per heavy atom. The summed E-state index contributed by atoms with van der Waals surface area (Å²) in [5, 5.41) is 3.17. The van der Waals surface area contributed by atoms with Gasteiger partial charge in [-0.2, -0.15) is 0 Å². The molecule has 0 spiro atoms. The molecule has 0 bridgehead atoms. The normalized spacial score (nSPS) is 12.4. The number of nitrogens with one attached hydrogen (secondary N) is 1. The molecular weight excluding hydrogens is 369 g/mol. The standard InChI is InChI=1S/C17H13Cl2NO5/c18-10-1-3-12(13(19)7-10)17(22)25-9-16(21)20-11-2-4-14-15(8-11)24-6-5-23-14/h1-4,7-8H,5-6,9H2,(H,20,21). The van der Waals surface area contributed by atoms with E-state index in [1.165, 1.54) is 18.2 Å². The Hall–Kier alpha value is -2.44. The summed E-state index contributed by atoms with van der Waals surface area (Å²) in [6, 6.07) is 9.39. The van der Waals surface area contributed by atoms with Gasteiger partial charge >= 0.3 is 5.97 Å². The molecule has 0 fully saturated rings. The van der Waals surface area contributed by atoms with Crippen molar-refractivity contribution in [3.05, 3.63) is 52.0 Å². The second-order valence-corrected chi connectivity index (χ2v) is 5.95. The molecule has 2 aromatic rings. The Morgan fingerprint density at radius 1 is 1.04 bits per heavy atom. The molecule has 6 nitrogen and oxygen atoms in total. The SMILES string of the molecule is O=C(COC(=O)c1ccc(Cl)cc1Cl)Nc1ccc2c(c1)OCCO2. The van der Waals surface area contributed by atoms with Crippen LogP contribution in [0.2, 0.25) is 10.0 Å². The molecule has 0 aromatic heterocycles. The zero-order valence-corrected chi connectivity index (χ0v) is 14.4. The number of fused-ring (bicyclic) bond motifs is 1. The van der Waals surface area contributed by atoms with Crippen molar-refractivity contribution in [2.45, 2.75) is 0 Å². The lowest BCUT2D eigenvalue weighted by Crippen LogP contribution is -2.21. The van der Waals surface area contributed by atoms with E-state index in [0.29, 0.717) is 35.4 Å². The summed E-state index contributed by atoms with van der Waals surface area (Å²) in [5.74, 6) is -0.0313. The van der Waals surface area contributed by atoms with Crippen LogP contribution in [0.5, 0.6) is 11.5 Å². The molecule has 1 aliphatic heterocycles. The van der Waals surface area contributed by atoms with Crippen LogP contribution in [0.25, 0.3) is 0 Å². The highest BCUT2D eigenvalue weighted by Gasteiger charge is 2.16. The number of carbonyl (C=O) groups is 2. The van der Waals surface area contributed by atoms with Gasteiger partial charge in [0.25, 0.3) is 5.91 Å². The molecule has 8 heteroatoms. The summed E-state index contributed by atoms with van der Waals surface area (Å²) in [4.78, 5) is 23.9. The van der Waals surface area contributed by atoms with Crippen molar-refractivity contribution in [1.29, 1.82) is 0 Å². The molecule has 3 rings (SSSR count). The third-order valence-electron chi connectivity index (χ3n) is 3.31. The number of esters is 1. The molecule has 0 unspecified atom stereocenters. The maximum absolute atomic E-state index is 12.0. The number of rotatable bonds is 4. The number of hydrogen-bond donors (Lipinski definition) is 1. The third-order valence-corrected chi connectivity index (χ3v) is 3.86. The van der Waals surface area contributed by atoms with Crippen LogP contribution in [0.15, 0.2) is 36.4 Å². The second kappa shape index (κ2) is 7.63. The van der Waals surface area contributed by atoms with Gasteiger partial charge in [-0.15, -0.1) is 0 Å². The van der Waals surface area contributed by atoms with E-state index in [4.69, 9.17) is 37.4 Å². The summed E-state index contributed by atoms with van der Waals surface area (Å²) in [7, 11) is 0. The number of amides is 1. The van der Waals surface area contributed by atoms with E-state index < -0.39 is 18.5 Å². The van der Waals surface area contributed by atoms with Crippen molar-refractivity contribution < 1.29 is 23.8 Å². The van der Waals surface area contributed by atoms with Crippen LogP contribution in [-0.4, -0.2) is 31.7 Å². The van der Waals surface area contributed by atoms with Gasteiger partial charge in [0, 0.05) is 16.8 Å². The predicted octanol–water partition coefficient (Wildman–Crippen LogP) is 3.56. The van der Waals surface area contributed by atoms with E-state index in [1.54, 1.807) is 18.2 Å². The van der Waals surface area contributed by atoms with Crippen LogP contribution in [-0.2, 0) is 9.53 Å². The van der Waals surface area contributed by atoms with Crippen molar-refractivity contribution in [3.63, 3.8) is 0 Å². The average Bonchev–Trinajstić information content (AvgIpc) is 2.59. The lowest BCUT2D eigenvalue weighted by atomic mass is 10.2. The predicted molar refractivity (Wildman–Crippen MR) is 92.8 cm³/mol. The van der Waals surface area contributed by atoms with Crippen LogP contribution in [0.1, 0.15) is 10.4 Å². The zero-order chi connectivity index (χ0) is 17.8. The first-order valence-electron chi connectivity index (χ1n) is 7.34. The van der Waals surface area contributed by atoms with Crippen LogP contribution in [0.3, 0.4) is 0 Å². The maximum atomic E-state index is 12.0. The van der Waals surface area contributed by atoms with Gasteiger partial charge in [0.15, 0.2) is 18.1 Å². The molecule has 25 heavy (non-hydrogen) atoms. The van der Waals surface area contributed by atoms with Gasteiger partial charge in [-0.3, -0.25) is 4.79 Å². The summed E-state index contributed by atoms with van der Waals surface area (Å²) in [6.07, 6.45) is 0. The Bertz CT molecular complexity index is 825. The highest BCUT2D eigenvalue weighted by atomic mass is 35.5. The lowest BCUT2D eigenvalue weighted by Gasteiger charge is -2.19. The number of ether oxygens (including phenoxy) is 3. The van der Waals surface area contributed by atoms with Crippen LogP contribution >= 0.6 is 23.2 Å². The number of carbonyl (C=O) groups excluding carboxylic acids is 2. The highest BCUT2D eigenvalue weighted by Crippen LogP contribution is 2.32. The van der Waals surface area contributed by atoms with E-state index in [-0.39, 0.29) is 10.6 Å². The first-order chi connectivity index (χ1) is 12.0. The second-order valence-electron chi connectivity index (χ2n) is 5.11. The number of benzene rings is 2. The molecule has 2 aromatic carbocycles. The first-order valence-corrected chi connectivity index (χ1v) is 8.10. The molecule has 1 amide bonds. The van der Waals surface area contributed by atoms with Gasteiger partial charge in [-0.25, -0.2) is 4.79 Å². The van der Waals surface area contributed by atoms with Gasteiger partial charge in [0.05, 0.1) is 10.6 Å². The van der Waals surface area contributed by atoms with Crippen molar-refractivity contribution in [2.75, 3.05) is 25.1 Å². The molecule has 0 aliphatic carbocycles. The minimum atomic E-state index is -0.709. The molecule has 0 saturated carbocycles. The smallest absolute Gasteiger partial charge is 0.340 e. The van der Waals surface area contributed by atoms with Crippen LogP contribution < -0.4 is 14.8 Å². The van der Waals surface area contributed by atoms with Gasteiger partial charge in [0.1, 0.15) is 13.2 Å². The summed E-state index contributed by atoms with van der Waals surface area (Å²) < 4.78 is 15.8. The molecule has 130 valence electrons. The van der Waals surface area contributed by atoms with E-state index in [2.05, 4.69) is 5.32 Å². The average molecular weight is 382 g/mol. The molecule has 0 atom stereocenters. The van der Waals surface area contributed by atoms with Gasteiger partial charge in [-0.05, 0) is 30.3 Å². The number of halogens is 2. The Kier molecular flexibility index (Phi) is 5.31. The molecular formula is C17H13Cl2NO5. The summed E-state index contributed by atoms with van der Waals surface area (Å²) in [6.45, 7) is 0.484. The quantitative estimate of drug-likeness (QED) is 0.819. The lowest BCUT2D eigenvalue weighted by molar-refractivity contribution is -0.119. The largest absolute Gasteiger partial charge is 0.486 e. The monoisotopic (exact) mass is 381 g/mol. The van der Waals surface area contributed by atoms with E-state index in [1.807, 2.05) is 0 Å². The molecule has 1 heterocycles. The van der Waals surface area contributed by atoms with E-state index in [0.717, 1.165) is 0 Å². The van der Waals surface area contributed by atoms with Crippen LogP contribution in [0.4, 0.5) is 5.69 Å². The highest BCUT2D eigenvalue weighted by molar-refractivity contribution is 6.36. The van der Waals surface area contributed by atoms with E-state index >= 15 is 0 Å². The van der Waals surface area contributed by atoms with Crippen LogP contribution in [0, 0.1) is 0 Å². The fourth-order valence-electron chi connectivity index (χ4n) is 2.18. The zero-order valence-electron chi connectivity index (χ0n) is 12.9. The minimum Gasteiger partial charge on any atom is -0.486 e. The summed E-state index contributed by atoms with van der Waals surface area (Å²) >= 11 is 11.7. The van der Waals surface area contributed by atoms with Crippen molar-refractivity contribution in [1.82, 2.24) is 0 Å². The van der Waals surface area contributed by atoms with Gasteiger partial charge in [-0.1, -0.05) is 23.2 Å². The molecule has 1 aliphatic rings. The summed E-state index contributed by atoms with van der Waals surface area (Å²) in [5.41, 5.74) is 0.646. The van der Waals surface area contributed by atoms with E-state index in [9.17, 15) is 9.59 Å². The molecule has 0 radical (unpaired) electrons. The van der Waals surface area contributed by atoms with Crippen molar-refractivity contribution in [3.8, 4) is 11.5 Å². The topological polar surface area (TPSA) is 73.9 Å².